The van der Waals surface area contributed by atoms with Gasteiger partial charge in [-0.25, -0.2) is 13.4 Å². The Balaban J connectivity index is 2.78. The molecule has 0 saturated carbocycles. The van der Waals surface area contributed by atoms with Crippen LogP contribution in [0.25, 0.3) is 0 Å². The topological polar surface area (TPSA) is 59.1 Å². The van der Waals surface area contributed by atoms with Gasteiger partial charge in [0.1, 0.15) is 10.3 Å². The smallest absolute Gasteiger partial charge is 0.156 e. The Morgan fingerprint density at radius 2 is 2.12 bits per heavy atom. The number of hydrogen-bond donors (Lipinski definition) is 1. The van der Waals surface area contributed by atoms with Crippen molar-refractivity contribution in [2.75, 3.05) is 12.8 Å². The maximum Gasteiger partial charge on any atom is 0.156 e. The molecule has 0 aliphatic rings. The first-order valence-corrected chi connectivity index (χ1v) is 8.57. The minimum absolute atomic E-state index is 0.173. The van der Waals surface area contributed by atoms with E-state index in [1.165, 1.54) is 17.6 Å². The van der Waals surface area contributed by atoms with E-state index < -0.39 is 15.1 Å². The van der Waals surface area contributed by atoms with Crippen LogP contribution in [0.4, 0.5) is 0 Å². The summed E-state index contributed by atoms with van der Waals surface area (Å²) in [6.07, 6.45) is 2.32. The molecule has 0 radical (unpaired) electrons. The summed E-state index contributed by atoms with van der Waals surface area (Å²) in [4.78, 5) is 4.41. The second-order valence-electron chi connectivity index (χ2n) is 4.26. The van der Waals surface area contributed by atoms with Crippen molar-refractivity contribution >= 4 is 21.2 Å². The lowest BCUT2D eigenvalue weighted by Gasteiger charge is -2.10. The van der Waals surface area contributed by atoms with E-state index in [-0.39, 0.29) is 6.04 Å². The number of nitrogens with one attached hydrogen (secondary N) is 1. The molecule has 1 heterocycles. The molecule has 1 rings (SSSR count). The fourth-order valence-corrected chi connectivity index (χ4v) is 3.29. The number of aromatic nitrogens is 1. The van der Waals surface area contributed by atoms with Gasteiger partial charge in [-0.3, -0.25) is 0 Å². The fourth-order valence-electron chi connectivity index (χ4n) is 1.33. The highest BCUT2D eigenvalue weighted by Gasteiger charge is 2.21. The molecule has 2 atom stereocenters. The number of hydrogen-bond acceptors (Lipinski definition) is 5. The maximum absolute atomic E-state index is 11.4. The summed E-state index contributed by atoms with van der Waals surface area (Å²) in [6, 6.07) is 0.173. The van der Waals surface area contributed by atoms with Gasteiger partial charge in [-0.2, -0.15) is 0 Å². The number of rotatable bonds is 6. The third kappa shape index (κ3) is 4.04. The lowest BCUT2D eigenvalue weighted by molar-refractivity contribution is 0.558. The molecule has 2 unspecified atom stereocenters. The van der Waals surface area contributed by atoms with Crippen LogP contribution in [0, 0.1) is 0 Å². The summed E-state index contributed by atoms with van der Waals surface area (Å²) in [7, 11) is -3.06. The Morgan fingerprint density at radius 1 is 1.47 bits per heavy atom. The number of nitrogens with zero attached hydrogens (tertiary/aromatic N) is 1. The first-order chi connectivity index (χ1) is 7.86. The zero-order valence-electron chi connectivity index (χ0n) is 10.7. The molecular formula is C11H20N2O2S2. The average Bonchev–Trinajstić information content (AvgIpc) is 2.72. The zero-order valence-corrected chi connectivity index (χ0v) is 12.4. The third-order valence-electron chi connectivity index (χ3n) is 2.67. The van der Waals surface area contributed by atoms with Crippen molar-refractivity contribution in [2.45, 2.75) is 38.5 Å². The second kappa shape index (κ2) is 5.93. The Bertz CT molecular complexity index is 454. The highest BCUT2D eigenvalue weighted by molar-refractivity contribution is 7.91. The molecule has 1 aromatic rings. The normalized spacial score (nSPS) is 15.8. The quantitative estimate of drug-likeness (QED) is 0.866. The molecule has 0 aliphatic carbocycles. The fraction of sp³-hybridized carbons (Fsp3) is 0.727. The minimum atomic E-state index is -3.06. The summed E-state index contributed by atoms with van der Waals surface area (Å²) in [5, 5.41) is 5.43. The van der Waals surface area contributed by atoms with Crippen molar-refractivity contribution < 1.29 is 8.42 Å². The molecule has 17 heavy (non-hydrogen) atoms. The van der Waals surface area contributed by atoms with Gasteiger partial charge in [0.05, 0.1) is 5.69 Å². The van der Waals surface area contributed by atoms with Crippen molar-refractivity contribution in [2.24, 2.45) is 0 Å². The van der Waals surface area contributed by atoms with E-state index in [1.807, 2.05) is 12.3 Å². The van der Waals surface area contributed by atoms with Gasteiger partial charge in [0, 0.05) is 17.7 Å². The summed E-state index contributed by atoms with van der Waals surface area (Å²) in [6.45, 7) is 6.77. The highest BCUT2D eigenvalue weighted by Crippen LogP contribution is 2.26. The standard InChI is InChI=1S/C11H20N2O2S2/c1-5-6-12-8(2)10-7-16-11(13-10)9(3)17(4,14)15/h7-9,12H,5-6H2,1-4H3. The monoisotopic (exact) mass is 276 g/mol. The molecule has 1 N–H and O–H groups in total. The maximum atomic E-state index is 11.4. The van der Waals surface area contributed by atoms with Crippen LogP contribution in [0.5, 0.6) is 0 Å². The first-order valence-electron chi connectivity index (χ1n) is 5.73. The van der Waals surface area contributed by atoms with Gasteiger partial charge in [-0.1, -0.05) is 6.92 Å². The molecule has 6 heteroatoms. The molecule has 0 aliphatic heterocycles. The van der Waals surface area contributed by atoms with Crippen LogP contribution in [0.3, 0.4) is 0 Å². The molecule has 0 fully saturated rings. The molecule has 0 saturated heterocycles. The third-order valence-corrected chi connectivity index (χ3v) is 5.38. The van der Waals surface area contributed by atoms with Gasteiger partial charge >= 0.3 is 0 Å². The van der Waals surface area contributed by atoms with E-state index >= 15 is 0 Å². The predicted octanol–water partition coefficient (Wildman–Crippen LogP) is 2.31. The Hall–Kier alpha value is -0.460. The molecular weight excluding hydrogens is 256 g/mol. The average molecular weight is 276 g/mol. The van der Waals surface area contributed by atoms with Crippen molar-refractivity contribution in [3.8, 4) is 0 Å². The van der Waals surface area contributed by atoms with Gasteiger partial charge in [0.15, 0.2) is 9.84 Å². The van der Waals surface area contributed by atoms with Crippen LogP contribution >= 0.6 is 11.3 Å². The van der Waals surface area contributed by atoms with Crippen molar-refractivity contribution in [1.29, 1.82) is 0 Å². The van der Waals surface area contributed by atoms with Crippen LogP contribution < -0.4 is 5.32 Å². The number of sulfone groups is 1. The first kappa shape index (κ1) is 14.6. The van der Waals surface area contributed by atoms with Crippen LogP contribution in [0.1, 0.15) is 49.2 Å². The Morgan fingerprint density at radius 3 is 2.65 bits per heavy atom. The van der Waals surface area contributed by atoms with Crippen LogP contribution in [0.15, 0.2) is 5.38 Å². The van der Waals surface area contributed by atoms with E-state index in [9.17, 15) is 8.42 Å². The molecule has 0 spiro atoms. The summed E-state index contributed by atoms with van der Waals surface area (Å²) < 4.78 is 22.9. The van der Waals surface area contributed by atoms with Gasteiger partial charge in [-0.15, -0.1) is 11.3 Å². The van der Waals surface area contributed by atoms with Gasteiger partial charge in [0.25, 0.3) is 0 Å². The summed E-state index contributed by atoms with van der Waals surface area (Å²) in [5.41, 5.74) is 0.925. The van der Waals surface area contributed by atoms with Crippen molar-refractivity contribution in [3.05, 3.63) is 16.1 Å². The van der Waals surface area contributed by atoms with E-state index in [2.05, 4.69) is 17.2 Å². The van der Waals surface area contributed by atoms with Crippen LogP contribution in [-0.4, -0.2) is 26.2 Å². The van der Waals surface area contributed by atoms with E-state index in [4.69, 9.17) is 0 Å². The van der Waals surface area contributed by atoms with Gasteiger partial charge in [-0.05, 0) is 26.8 Å². The number of thiazole rings is 1. The molecule has 1 aromatic heterocycles. The van der Waals surface area contributed by atoms with Gasteiger partial charge < -0.3 is 5.32 Å². The molecule has 0 amide bonds. The van der Waals surface area contributed by atoms with Crippen molar-refractivity contribution in [1.82, 2.24) is 10.3 Å². The van der Waals surface area contributed by atoms with Crippen molar-refractivity contribution in [3.63, 3.8) is 0 Å². The highest BCUT2D eigenvalue weighted by atomic mass is 32.2. The second-order valence-corrected chi connectivity index (χ2v) is 7.51. The molecule has 0 bridgehead atoms. The van der Waals surface area contributed by atoms with E-state index in [1.54, 1.807) is 6.92 Å². The summed E-state index contributed by atoms with van der Waals surface area (Å²) in [5.74, 6) is 0. The molecule has 4 nitrogen and oxygen atoms in total. The Labute approximate surface area is 107 Å². The minimum Gasteiger partial charge on any atom is -0.309 e. The van der Waals surface area contributed by atoms with Crippen LogP contribution in [0.2, 0.25) is 0 Å². The van der Waals surface area contributed by atoms with Crippen LogP contribution in [-0.2, 0) is 9.84 Å². The largest absolute Gasteiger partial charge is 0.309 e. The Kier molecular flexibility index (Phi) is 5.09. The predicted molar refractivity (Wildman–Crippen MR) is 72.1 cm³/mol. The van der Waals surface area contributed by atoms with E-state index in [0.29, 0.717) is 5.01 Å². The summed E-state index contributed by atoms with van der Waals surface area (Å²) >= 11 is 1.42. The zero-order chi connectivity index (χ0) is 13.1. The lowest BCUT2D eigenvalue weighted by atomic mass is 10.2. The van der Waals surface area contributed by atoms with Gasteiger partial charge in [0.2, 0.25) is 0 Å². The molecule has 98 valence electrons. The SMILES string of the molecule is CCCNC(C)c1csc(C(C)S(C)(=O)=O)n1. The lowest BCUT2D eigenvalue weighted by Crippen LogP contribution is -2.19. The molecule has 0 aromatic carbocycles. The van der Waals surface area contributed by atoms with E-state index in [0.717, 1.165) is 18.7 Å².